The fraction of sp³-hybridized carbons (Fsp3) is 0.211. The van der Waals surface area contributed by atoms with E-state index in [2.05, 4.69) is 6.07 Å². The zero-order valence-corrected chi connectivity index (χ0v) is 12.1. The predicted molar refractivity (Wildman–Crippen MR) is 84.4 cm³/mol. The standard InChI is InChI=1S/C19H16O3/c20-15-7-8-18-16(10-15)17(11-22-18)19(21)14-6-5-12-3-1-2-4-13(12)9-14/h5-11,20H,1-4H2. The van der Waals surface area contributed by atoms with Crippen LogP contribution in [0.15, 0.2) is 47.1 Å². The number of hydrogen-bond acceptors (Lipinski definition) is 3. The quantitative estimate of drug-likeness (QED) is 0.718. The van der Waals surface area contributed by atoms with Gasteiger partial charge >= 0.3 is 0 Å². The van der Waals surface area contributed by atoms with Gasteiger partial charge in [-0.3, -0.25) is 4.79 Å². The van der Waals surface area contributed by atoms with Gasteiger partial charge < -0.3 is 9.52 Å². The summed E-state index contributed by atoms with van der Waals surface area (Å²) in [5.41, 5.74) is 4.44. The van der Waals surface area contributed by atoms with Crippen LogP contribution in [0.1, 0.15) is 39.9 Å². The van der Waals surface area contributed by atoms with Gasteiger partial charge in [0, 0.05) is 10.9 Å². The third kappa shape index (κ3) is 2.10. The minimum absolute atomic E-state index is 0.0577. The molecule has 0 aliphatic heterocycles. The van der Waals surface area contributed by atoms with Crippen molar-refractivity contribution in [3.63, 3.8) is 0 Å². The van der Waals surface area contributed by atoms with E-state index >= 15 is 0 Å². The largest absolute Gasteiger partial charge is 0.508 e. The molecule has 1 aromatic heterocycles. The summed E-state index contributed by atoms with van der Waals surface area (Å²) in [5.74, 6) is 0.0751. The molecule has 4 rings (SSSR count). The topological polar surface area (TPSA) is 50.4 Å². The molecule has 0 radical (unpaired) electrons. The highest BCUT2D eigenvalue weighted by Crippen LogP contribution is 2.28. The van der Waals surface area contributed by atoms with E-state index in [4.69, 9.17) is 4.42 Å². The first kappa shape index (κ1) is 13.1. The average Bonchev–Trinajstić information content (AvgIpc) is 2.96. The highest BCUT2D eigenvalue weighted by atomic mass is 16.3. The molecule has 1 aliphatic rings. The minimum atomic E-state index is -0.0577. The number of rotatable bonds is 2. The van der Waals surface area contributed by atoms with E-state index in [1.54, 1.807) is 18.2 Å². The maximum absolute atomic E-state index is 12.8. The smallest absolute Gasteiger partial charge is 0.196 e. The Labute approximate surface area is 128 Å². The van der Waals surface area contributed by atoms with Gasteiger partial charge in [0.25, 0.3) is 0 Å². The van der Waals surface area contributed by atoms with Crippen LogP contribution in [0.2, 0.25) is 0 Å². The Kier molecular flexibility index (Phi) is 3.00. The summed E-state index contributed by atoms with van der Waals surface area (Å²) >= 11 is 0. The lowest BCUT2D eigenvalue weighted by atomic mass is 9.89. The summed E-state index contributed by atoms with van der Waals surface area (Å²) in [6.07, 6.45) is 6.04. The Hall–Kier alpha value is -2.55. The predicted octanol–water partition coefficient (Wildman–Crippen LogP) is 4.25. The molecular formula is C19H16O3. The maximum atomic E-state index is 12.8. The minimum Gasteiger partial charge on any atom is -0.508 e. The molecular weight excluding hydrogens is 276 g/mol. The molecule has 2 aromatic carbocycles. The van der Waals surface area contributed by atoms with Crippen LogP contribution >= 0.6 is 0 Å². The van der Waals surface area contributed by atoms with E-state index in [1.807, 2.05) is 12.1 Å². The first-order valence-corrected chi connectivity index (χ1v) is 7.59. The van der Waals surface area contributed by atoms with Crippen LogP contribution in [0.4, 0.5) is 0 Å². The molecule has 110 valence electrons. The van der Waals surface area contributed by atoms with Crippen molar-refractivity contribution in [2.24, 2.45) is 0 Å². The number of aromatic hydroxyl groups is 1. The Morgan fingerprint density at radius 2 is 1.82 bits per heavy atom. The highest BCUT2D eigenvalue weighted by Gasteiger charge is 2.18. The lowest BCUT2D eigenvalue weighted by Crippen LogP contribution is -2.06. The molecule has 0 unspecified atom stereocenters. The summed E-state index contributed by atoms with van der Waals surface area (Å²) in [5, 5.41) is 10.3. The van der Waals surface area contributed by atoms with E-state index in [9.17, 15) is 9.90 Å². The maximum Gasteiger partial charge on any atom is 0.196 e. The van der Waals surface area contributed by atoms with Gasteiger partial charge in [-0.25, -0.2) is 0 Å². The molecule has 0 bridgehead atoms. The van der Waals surface area contributed by atoms with Gasteiger partial charge in [-0.2, -0.15) is 0 Å². The number of phenolic OH excluding ortho intramolecular Hbond substituents is 1. The molecule has 1 aliphatic carbocycles. The zero-order valence-electron chi connectivity index (χ0n) is 12.1. The van der Waals surface area contributed by atoms with Crippen molar-refractivity contribution in [1.29, 1.82) is 0 Å². The molecule has 1 N–H and O–H groups in total. The third-order valence-corrected chi connectivity index (χ3v) is 4.41. The number of carbonyl (C=O) groups is 1. The van der Waals surface area contributed by atoms with E-state index in [1.165, 1.54) is 30.2 Å². The summed E-state index contributed by atoms with van der Waals surface area (Å²) in [6.45, 7) is 0. The number of benzene rings is 2. The monoisotopic (exact) mass is 292 g/mol. The second kappa shape index (κ2) is 5.02. The Morgan fingerprint density at radius 3 is 2.68 bits per heavy atom. The van der Waals surface area contributed by atoms with Crippen LogP contribution in [0.3, 0.4) is 0 Å². The van der Waals surface area contributed by atoms with Crippen molar-refractivity contribution in [2.75, 3.05) is 0 Å². The first-order chi connectivity index (χ1) is 10.7. The highest BCUT2D eigenvalue weighted by molar-refractivity contribution is 6.16. The van der Waals surface area contributed by atoms with Gasteiger partial charge in [-0.15, -0.1) is 0 Å². The van der Waals surface area contributed by atoms with E-state index < -0.39 is 0 Å². The lowest BCUT2D eigenvalue weighted by molar-refractivity contribution is 0.103. The number of fused-ring (bicyclic) bond motifs is 2. The number of hydrogen-bond donors (Lipinski definition) is 1. The normalized spacial score (nSPS) is 14.0. The van der Waals surface area contributed by atoms with Gasteiger partial charge in [-0.05, 0) is 61.1 Å². The van der Waals surface area contributed by atoms with Gasteiger partial charge in [0.1, 0.15) is 17.6 Å². The molecule has 0 fully saturated rings. The molecule has 0 saturated heterocycles. The summed E-state index contributed by atoms with van der Waals surface area (Å²) in [6, 6.07) is 10.8. The molecule has 0 saturated carbocycles. The van der Waals surface area contributed by atoms with Crippen LogP contribution < -0.4 is 0 Å². The first-order valence-electron chi connectivity index (χ1n) is 7.59. The molecule has 3 heteroatoms. The van der Waals surface area contributed by atoms with Crippen LogP contribution in [-0.2, 0) is 12.8 Å². The summed E-state index contributed by atoms with van der Waals surface area (Å²) < 4.78 is 5.43. The zero-order chi connectivity index (χ0) is 15.1. The second-order valence-electron chi connectivity index (χ2n) is 5.85. The molecule has 3 nitrogen and oxygen atoms in total. The Morgan fingerprint density at radius 1 is 1.00 bits per heavy atom. The van der Waals surface area contributed by atoms with E-state index in [0.29, 0.717) is 22.1 Å². The Balaban J connectivity index is 1.78. The molecule has 0 atom stereocenters. The van der Waals surface area contributed by atoms with Crippen molar-refractivity contribution in [3.05, 3.63) is 64.9 Å². The van der Waals surface area contributed by atoms with E-state index in [-0.39, 0.29) is 11.5 Å². The van der Waals surface area contributed by atoms with E-state index in [0.717, 1.165) is 12.8 Å². The van der Waals surface area contributed by atoms with Crippen LogP contribution in [0, 0.1) is 0 Å². The lowest BCUT2D eigenvalue weighted by Gasteiger charge is -2.16. The van der Waals surface area contributed by atoms with Crippen LogP contribution in [0.25, 0.3) is 11.0 Å². The van der Waals surface area contributed by atoms with Crippen molar-refractivity contribution in [3.8, 4) is 5.75 Å². The van der Waals surface area contributed by atoms with Gasteiger partial charge in [0.15, 0.2) is 5.78 Å². The number of ketones is 1. The van der Waals surface area contributed by atoms with Gasteiger partial charge in [0.05, 0.1) is 5.56 Å². The van der Waals surface area contributed by atoms with Gasteiger partial charge in [-0.1, -0.05) is 12.1 Å². The molecule has 0 spiro atoms. The number of aryl methyl sites for hydroxylation is 2. The molecule has 22 heavy (non-hydrogen) atoms. The van der Waals surface area contributed by atoms with Gasteiger partial charge in [0.2, 0.25) is 0 Å². The number of carbonyl (C=O) groups excluding carboxylic acids is 1. The van der Waals surface area contributed by atoms with Crippen molar-refractivity contribution < 1.29 is 14.3 Å². The third-order valence-electron chi connectivity index (χ3n) is 4.41. The molecule has 1 heterocycles. The van der Waals surface area contributed by atoms with Crippen molar-refractivity contribution in [2.45, 2.75) is 25.7 Å². The molecule has 3 aromatic rings. The summed E-state index contributed by atoms with van der Waals surface area (Å²) in [7, 11) is 0. The second-order valence-corrected chi connectivity index (χ2v) is 5.85. The SMILES string of the molecule is O=C(c1ccc2c(c1)CCCC2)c1coc2ccc(O)cc12. The number of phenols is 1. The number of furan rings is 1. The van der Waals surface area contributed by atoms with Crippen molar-refractivity contribution >= 4 is 16.8 Å². The van der Waals surface area contributed by atoms with Crippen LogP contribution in [0.5, 0.6) is 5.75 Å². The van der Waals surface area contributed by atoms with Crippen molar-refractivity contribution in [1.82, 2.24) is 0 Å². The Bertz CT molecular complexity index is 874. The molecule has 0 amide bonds. The van der Waals surface area contributed by atoms with Crippen LogP contribution in [-0.4, -0.2) is 10.9 Å². The summed E-state index contributed by atoms with van der Waals surface area (Å²) in [4.78, 5) is 12.8. The fourth-order valence-corrected chi connectivity index (χ4v) is 3.22. The fourth-order valence-electron chi connectivity index (χ4n) is 3.22. The average molecular weight is 292 g/mol.